The van der Waals surface area contributed by atoms with E-state index in [4.69, 9.17) is 4.42 Å². The molecule has 1 heterocycles. The van der Waals surface area contributed by atoms with Crippen molar-refractivity contribution < 1.29 is 13.6 Å². The monoisotopic (exact) mass is 309 g/mol. The van der Waals surface area contributed by atoms with Crippen molar-refractivity contribution in [3.63, 3.8) is 0 Å². The molecule has 4 heteroatoms. The van der Waals surface area contributed by atoms with Gasteiger partial charge in [0, 0.05) is 11.3 Å². The lowest BCUT2D eigenvalue weighted by Crippen LogP contribution is -2.12. The average molecular weight is 309 g/mol. The van der Waals surface area contributed by atoms with Crippen LogP contribution in [0.2, 0.25) is 0 Å². The van der Waals surface area contributed by atoms with Gasteiger partial charge in [0.1, 0.15) is 17.3 Å². The first-order valence-corrected chi connectivity index (χ1v) is 7.27. The molecule has 3 aromatic rings. The third kappa shape index (κ3) is 3.31. The predicted molar refractivity (Wildman–Crippen MR) is 88.0 cm³/mol. The van der Waals surface area contributed by atoms with E-state index in [1.54, 1.807) is 25.1 Å². The van der Waals surface area contributed by atoms with Crippen molar-refractivity contribution in [3.8, 4) is 11.3 Å². The number of hydrogen-bond donors (Lipinski definition) is 1. The highest BCUT2D eigenvalue weighted by Crippen LogP contribution is 2.26. The summed E-state index contributed by atoms with van der Waals surface area (Å²) in [5.74, 6) is 0.519. The minimum atomic E-state index is -0.311. The van der Waals surface area contributed by atoms with Gasteiger partial charge < -0.3 is 9.73 Å². The van der Waals surface area contributed by atoms with Gasteiger partial charge in [-0.05, 0) is 61.9 Å². The minimum Gasteiger partial charge on any atom is -0.461 e. The molecular formula is C19H16FNO2. The average Bonchev–Trinajstić information content (AvgIpc) is 2.90. The van der Waals surface area contributed by atoms with E-state index in [2.05, 4.69) is 5.32 Å². The van der Waals surface area contributed by atoms with E-state index < -0.39 is 0 Å². The van der Waals surface area contributed by atoms with Gasteiger partial charge in [0.05, 0.1) is 5.56 Å². The summed E-state index contributed by atoms with van der Waals surface area (Å²) < 4.78 is 18.6. The lowest BCUT2D eigenvalue weighted by molar-refractivity contribution is 0.102. The van der Waals surface area contributed by atoms with Crippen LogP contribution in [0.3, 0.4) is 0 Å². The second-order valence-corrected chi connectivity index (χ2v) is 5.41. The third-order valence-corrected chi connectivity index (χ3v) is 3.57. The van der Waals surface area contributed by atoms with Gasteiger partial charge in [-0.1, -0.05) is 12.1 Å². The second kappa shape index (κ2) is 6.08. The van der Waals surface area contributed by atoms with E-state index in [-0.39, 0.29) is 11.7 Å². The van der Waals surface area contributed by atoms with Gasteiger partial charge >= 0.3 is 0 Å². The summed E-state index contributed by atoms with van der Waals surface area (Å²) in [5.41, 5.74) is 2.99. The molecule has 0 bridgehead atoms. The van der Waals surface area contributed by atoms with Crippen LogP contribution in [0.25, 0.3) is 11.3 Å². The van der Waals surface area contributed by atoms with Crippen molar-refractivity contribution >= 4 is 11.6 Å². The number of carbonyl (C=O) groups is 1. The number of benzene rings is 2. The summed E-state index contributed by atoms with van der Waals surface area (Å²) in [7, 11) is 0. The van der Waals surface area contributed by atoms with Gasteiger partial charge in [-0.2, -0.15) is 0 Å². The number of furan rings is 1. The second-order valence-electron chi connectivity index (χ2n) is 5.41. The van der Waals surface area contributed by atoms with Crippen molar-refractivity contribution in [2.24, 2.45) is 0 Å². The molecule has 0 saturated carbocycles. The van der Waals surface area contributed by atoms with E-state index in [0.29, 0.717) is 17.1 Å². The first-order chi connectivity index (χ1) is 11.0. The van der Waals surface area contributed by atoms with E-state index >= 15 is 0 Å². The summed E-state index contributed by atoms with van der Waals surface area (Å²) in [4.78, 5) is 12.4. The molecule has 0 fully saturated rings. The molecule has 0 unspecified atom stereocenters. The van der Waals surface area contributed by atoms with Crippen LogP contribution < -0.4 is 5.32 Å². The predicted octanol–water partition coefficient (Wildman–Crippen LogP) is 4.95. The number of rotatable bonds is 3. The van der Waals surface area contributed by atoms with Crippen molar-refractivity contribution in [3.05, 3.63) is 77.3 Å². The summed E-state index contributed by atoms with van der Waals surface area (Å²) in [5, 5.41) is 2.85. The molecule has 0 aliphatic rings. The molecule has 1 aromatic heterocycles. The fourth-order valence-corrected chi connectivity index (χ4v) is 2.39. The van der Waals surface area contributed by atoms with Gasteiger partial charge in [0.2, 0.25) is 0 Å². The highest BCUT2D eigenvalue weighted by atomic mass is 19.1. The number of nitrogens with one attached hydrogen (secondary N) is 1. The maximum atomic E-state index is 13.0. The molecule has 0 aliphatic heterocycles. The van der Waals surface area contributed by atoms with Gasteiger partial charge in [-0.15, -0.1) is 0 Å². The summed E-state index contributed by atoms with van der Waals surface area (Å²) in [6, 6.07) is 15.2. The molecular weight excluding hydrogens is 293 g/mol. The van der Waals surface area contributed by atoms with E-state index in [9.17, 15) is 9.18 Å². The lowest BCUT2D eigenvalue weighted by atomic mass is 10.1. The fraction of sp³-hybridized carbons (Fsp3) is 0.105. The zero-order chi connectivity index (χ0) is 16.4. The lowest BCUT2D eigenvalue weighted by Gasteiger charge is -2.04. The number of aryl methyl sites for hydroxylation is 2. The molecule has 23 heavy (non-hydrogen) atoms. The molecule has 0 atom stereocenters. The molecule has 2 aromatic carbocycles. The number of amides is 1. The van der Waals surface area contributed by atoms with E-state index in [1.165, 1.54) is 12.1 Å². The Hall–Kier alpha value is -2.88. The fourth-order valence-electron chi connectivity index (χ4n) is 2.39. The Morgan fingerprint density at radius 3 is 2.48 bits per heavy atom. The van der Waals surface area contributed by atoms with Gasteiger partial charge in [-0.3, -0.25) is 4.79 Å². The van der Waals surface area contributed by atoms with Gasteiger partial charge in [0.25, 0.3) is 5.91 Å². The Kier molecular flexibility index (Phi) is 3.98. The first-order valence-electron chi connectivity index (χ1n) is 7.27. The summed E-state index contributed by atoms with van der Waals surface area (Å²) >= 11 is 0. The zero-order valence-electron chi connectivity index (χ0n) is 12.9. The molecule has 1 N–H and O–H groups in total. The molecule has 0 spiro atoms. The van der Waals surface area contributed by atoms with Crippen LogP contribution in [0, 0.1) is 19.7 Å². The third-order valence-electron chi connectivity index (χ3n) is 3.57. The number of anilines is 1. The number of carbonyl (C=O) groups excluding carboxylic acids is 1. The Labute approximate surface area is 133 Å². The zero-order valence-corrected chi connectivity index (χ0v) is 12.9. The smallest absolute Gasteiger partial charge is 0.259 e. The molecule has 1 amide bonds. The van der Waals surface area contributed by atoms with Crippen molar-refractivity contribution in [1.82, 2.24) is 0 Å². The van der Waals surface area contributed by atoms with Crippen molar-refractivity contribution in [1.29, 1.82) is 0 Å². The highest BCUT2D eigenvalue weighted by Gasteiger charge is 2.16. The first kappa shape index (κ1) is 15.0. The molecule has 3 nitrogen and oxygen atoms in total. The van der Waals surface area contributed by atoms with Gasteiger partial charge in [0.15, 0.2) is 0 Å². The molecule has 116 valence electrons. The molecule has 3 rings (SSSR count). The van der Waals surface area contributed by atoms with Crippen molar-refractivity contribution in [2.75, 3.05) is 5.32 Å². The SMILES string of the molecule is Cc1cccc(NC(=O)c2cc(-c3ccc(F)cc3)oc2C)c1. The van der Waals surface area contributed by atoms with Crippen LogP contribution in [-0.2, 0) is 0 Å². The largest absolute Gasteiger partial charge is 0.461 e. The maximum absolute atomic E-state index is 13.0. The highest BCUT2D eigenvalue weighted by molar-refractivity contribution is 6.05. The topological polar surface area (TPSA) is 42.2 Å². The Bertz CT molecular complexity index is 850. The van der Waals surface area contributed by atoms with Crippen LogP contribution in [0.15, 0.2) is 59.0 Å². The molecule has 0 radical (unpaired) electrons. The minimum absolute atomic E-state index is 0.231. The van der Waals surface area contributed by atoms with Crippen LogP contribution in [-0.4, -0.2) is 5.91 Å². The van der Waals surface area contributed by atoms with Crippen LogP contribution in [0.1, 0.15) is 21.7 Å². The van der Waals surface area contributed by atoms with E-state index in [0.717, 1.165) is 16.8 Å². The quantitative estimate of drug-likeness (QED) is 0.743. The Balaban J connectivity index is 1.85. The maximum Gasteiger partial charge on any atom is 0.259 e. The number of halogens is 1. The van der Waals surface area contributed by atoms with Crippen molar-refractivity contribution in [2.45, 2.75) is 13.8 Å². The standard InChI is InChI=1S/C19H16FNO2/c1-12-4-3-5-16(10-12)21-19(22)17-11-18(23-13(17)2)14-6-8-15(20)9-7-14/h3-11H,1-2H3,(H,21,22). The van der Waals surface area contributed by atoms with Crippen LogP contribution in [0.5, 0.6) is 0 Å². The van der Waals surface area contributed by atoms with Crippen LogP contribution >= 0.6 is 0 Å². The molecule has 0 saturated heterocycles. The molecule has 0 aliphatic carbocycles. The summed E-state index contributed by atoms with van der Waals surface area (Å²) in [6.07, 6.45) is 0. The summed E-state index contributed by atoms with van der Waals surface area (Å²) in [6.45, 7) is 3.70. The van der Waals surface area contributed by atoms with Gasteiger partial charge in [-0.25, -0.2) is 4.39 Å². The normalized spacial score (nSPS) is 10.6. The number of hydrogen-bond acceptors (Lipinski definition) is 2. The Morgan fingerprint density at radius 2 is 1.78 bits per heavy atom. The Morgan fingerprint density at radius 1 is 1.04 bits per heavy atom. The van der Waals surface area contributed by atoms with Crippen LogP contribution in [0.4, 0.5) is 10.1 Å². The van der Waals surface area contributed by atoms with E-state index in [1.807, 2.05) is 31.2 Å².